The quantitative estimate of drug-likeness (QED) is 0.366. The number of carbonyl (C=O) groups excluding carboxylic acids is 1. The highest BCUT2D eigenvalue weighted by atomic mass is 32.2. The van der Waals surface area contributed by atoms with E-state index in [1.165, 1.54) is 18.3 Å². The summed E-state index contributed by atoms with van der Waals surface area (Å²) in [5.41, 5.74) is 3.13. The number of nitrogens with zero attached hydrogens (tertiary/aromatic N) is 2. The van der Waals surface area contributed by atoms with Gasteiger partial charge < -0.3 is 0 Å². The number of thioether (sulfide) groups is 1. The zero-order valence-corrected chi connectivity index (χ0v) is 13.0. The Labute approximate surface area is 137 Å². The van der Waals surface area contributed by atoms with Gasteiger partial charge >= 0.3 is 0 Å². The van der Waals surface area contributed by atoms with E-state index in [1.54, 1.807) is 23.9 Å². The number of nitrogens with one attached hydrogen (secondary N) is 1. The summed E-state index contributed by atoms with van der Waals surface area (Å²) < 4.78 is 0. The molecule has 2 rings (SSSR count). The maximum absolute atomic E-state index is 11.6. The zero-order valence-electron chi connectivity index (χ0n) is 12.2. The average molecular weight is 329 g/mol. The Balaban J connectivity index is 1.72. The van der Waals surface area contributed by atoms with Gasteiger partial charge in [-0.2, -0.15) is 5.10 Å². The van der Waals surface area contributed by atoms with E-state index in [9.17, 15) is 14.9 Å². The maximum atomic E-state index is 11.6. The smallest absolute Gasteiger partial charge is 0.269 e. The number of hydrazone groups is 1. The number of amides is 1. The molecule has 0 aromatic heterocycles. The van der Waals surface area contributed by atoms with Crippen LogP contribution in [0.5, 0.6) is 0 Å². The first kappa shape index (κ1) is 16.7. The van der Waals surface area contributed by atoms with Gasteiger partial charge in [-0.3, -0.25) is 14.9 Å². The van der Waals surface area contributed by atoms with Crippen LogP contribution in [0.3, 0.4) is 0 Å². The predicted molar refractivity (Wildman–Crippen MR) is 90.6 cm³/mol. The molecular weight excluding hydrogens is 314 g/mol. The fourth-order valence-corrected chi connectivity index (χ4v) is 2.57. The molecule has 0 saturated heterocycles. The van der Waals surface area contributed by atoms with Crippen LogP contribution in [0.1, 0.15) is 12.0 Å². The summed E-state index contributed by atoms with van der Waals surface area (Å²) >= 11 is 1.61. The van der Waals surface area contributed by atoms with Crippen LogP contribution in [0.2, 0.25) is 0 Å². The first-order chi connectivity index (χ1) is 11.1. The van der Waals surface area contributed by atoms with Crippen molar-refractivity contribution in [3.05, 3.63) is 70.3 Å². The molecule has 1 amide bonds. The van der Waals surface area contributed by atoms with Crippen LogP contribution in [0.25, 0.3) is 0 Å². The van der Waals surface area contributed by atoms with Crippen LogP contribution in [-0.2, 0) is 4.79 Å². The Bertz CT molecular complexity index is 687. The third kappa shape index (κ3) is 5.91. The average Bonchev–Trinajstić information content (AvgIpc) is 2.56. The molecule has 0 atom stereocenters. The van der Waals surface area contributed by atoms with Gasteiger partial charge in [0.05, 0.1) is 11.1 Å². The van der Waals surface area contributed by atoms with Crippen molar-refractivity contribution in [2.45, 2.75) is 11.3 Å². The van der Waals surface area contributed by atoms with Crippen molar-refractivity contribution in [1.82, 2.24) is 5.43 Å². The lowest BCUT2D eigenvalue weighted by Crippen LogP contribution is -2.17. The number of benzene rings is 2. The molecular formula is C16H15N3O3S. The Kier molecular flexibility index (Phi) is 6.31. The molecule has 0 radical (unpaired) electrons. The number of non-ortho nitro benzene ring substituents is 1. The largest absolute Gasteiger partial charge is 0.273 e. The molecule has 23 heavy (non-hydrogen) atoms. The molecule has 0 aliphatic rings. The van der Waals surface area contributed by atoms with Crippen molar-refractivity contribution in [3.63, 3.8) is 0 Å². The lowest BCUT2D eigenvalue weighted by molar-refractivity contribution is -0.384. The van der Waals surface area contributed by atoms with Crippen LogP contribution in [0, 0.1) is 10.1 Å². The molecule has 0 spiro atoms. The minimum absolute atomic E-state index is 0.0177. The molecule has 2 aromatic rings. The molecule has 0 heterocycles. The standard InChI is InChI=1S/C16H15N3O3S/c20-16(10-11-23-15-4-2-1-3-5-15)18-17-12-13-6-8-14(9-7-13)19(21)22/h1-9,12H,10-11H2,(H,18,20)/b17-12-. The second kappa shape index (κ2) is 8.70. The van der Waals surface area contributed by atoms with Gasteiger partial charge in [0.15, 0.2) is 0 Å². The molecule has 0 bridgehead atoms. The Morgan fingerprint density at radius 1 is 1.17 bits per heavy atom. The van der Waals surface area contributed by atoms with Crippen LogP contribution in [0.15, 0.2) is 64.6 Å². The number of rotatable bonds is 7. The minimum Gasteiger partial charge on any atom is -0.273 e. The highest BCUT2D eigenvalue weighted by Crippen LogP contribution is 2.17. The molecule has 118 valence electrons. The van der Waals surface area contributed by atoms with Crippen molar-refractivity contribution in [2.75, 3.05) is 5.75 Å². The number of carbonyl (C=O) groups is 1. The molecule has 0 aliphatic carbocycles. The Morgan fingerprint density at radius 3 is 2.52 bits per heavy atom. The van der Waals surface area contributed by atoms with E-state index in [0.717, 1.165) is 4.90 Å². The molecule has 0 aliphatic heterocycles. The number of nitro groups is 1. The number of nitro benzene ring substituents is 1. The van der Waals surface area contributed by atoms with Gasteiger partial charge in [0.2, 0.25) is 5.91 Å². The van der Waals surface area contributed by atoms with Gasteiger partial charge in [-0.05, 0) is 29.8 Å². The SMILES string of the molecule is O=C(CCSc1ccccc1)N/N=C\c1ccc([N+](=O)[O-])cc1. The summed E-state index contributed by atoms with van der Waals surface area (Å²) in [5.74, 6) is 0.495. The highest BCUT2D eigenvalue weighted by molar-refractivity contribution is 7.99. The highest BCUT2D eigenvalue weighted by Gasteiger charge is 2.03. The third-order valence-electron chi connectivity index (χ3n) is 2.85. The normalized spacial score (nSPS) is 10.6. The zero-order chi connectivity index (χ0) is 16.5. The summed E-state index contributed by atoms with van der Waals surface area (Å²) in [6.45, 7) is 0. The summed E-state index contributed by atoms with van der Waals surface area (Å²) in [4.78, 5) is 22.8. The fraction of sp³-hybridized carbons (Fsp3) is 0.125. The van der Waals surface area contributed by atoms with Crippen LogP contribution in [-0.4, -0.2) is 22.8 Å². The van der Waals surface area contributed by atoms with Crippen molar-refractivity contribution in [3.8, 4) is 0 Å². The first-order valence-electron chi connectivity index (χ1n) is 6.89. The summed E-state index contributed by atoms with van der Waals surface area (Å²) in [5, 5.41) is 14.4. The van der Waals surface area contributed by atoms with Gasteiger partial charge in [0.1, 0.15) is 0 Å². The van der Waals surface area contributed by atoms with E-state index in [1.807, 2.05) is 30.3 Å². The lowest BCUT2D eigenvalue weighted by atomic mass is 10.2. The minimum atomic E-state index is -0.465. The Morgan fingerprint density at radius 2 is 1.87 bits per heavy atom. The van der Waals surface area contributed by atoms with Crippen LogP contribution in [0.4, 0.5) is 5.69 Å². The van der Waals surface area contributed by atoms with Gasteiger partial charge in [-0.15, -0.1) is 11.8 Å². The number of hydrogen-bond donors (Lipinski definition) is 1. The molecule has 0 saturated carbocycles. The second-order valence-electron chi connectivity index (χ2n) is 4.55. The van der Waals surface area contributed by atoms with E-state index in [0.29, 0.717) is 17.7 Å². The van der Waals surface area contributed by atoms with Crippen LogP contribution < -0.4 is 5.43 Å². The fourth-order valence-electron chi connectivity index (χ4n) is 1.70. The van der Waals surface area contributed by atoms with Crippen molar-refractivity contribution in [2.24, 2.45) is 5.10 Å². The predicted octanol–water partition coefficient (Wildman–Crippen LogP) is 3.23. The summed E-state index contributed by atoms with van der Waals surface area (Å²) in [6, 6.07) is 15.8. The Hall–Kier alpha value is -2.67. The van der Waals surface area contributed by atoms with Crippen molar-refractivity contribution >= 4 is 29.6 Å². The maximum Gasteiger partial charge on any atom is 0.269 e. The van der Waals surface area contributed by atoms with Crippen molar-refractivity contribution in [1.29, 1.82) is 0 Å². The monoisotopic (exact) mass is 329 g/mol. The van der Waals surface area contributed by atoms with Crippen LogP contribution >= 0.6 is 11.8 Å². The molecule has 2 aromatic carbocycles. The van der Waals surface area contributed by atoms with E-state index < -0.39 is 4.92 Å². The third-order valence-corrected chi connectivity index (χ3v) is 3.86. The topological polar surface area (TPSA) is 84.6 Å². The van der Waals surface area contributed by atoms with E-state index in [2.05, 4.69) is 10.5 Å². The first-order valence-corrected chi connectivity index (χ1v) is 7.88. The van der Waals surface area contributed by atoms with E-state index in [4.69, 9.17) is 0 Å². The van der Waals surface area contributed by atoms with Gasteiger partial charge in [-0.25, -0.2) is 5.43 Å². The molecule has 7 heteroatoms. The molecule has 0 fully saturated rings. The van der Waals surface area contributed by atoms with Crippen molar-refractivity contribution < 1.29 is 9.72 Å². The molecule has 1 N–H and O–H groups in total. The van der Waals surface area contributed by atoms with E-state index in [-0.39, 0.29) is 11.6 Å². The lowest BCUT2D eigenvalue weighted by Gasteiger charge is -2.01. The molecule has 6 nitrogen and oxygen atoms in total. The van der Waals surface area contributed by atoms with Gasteiger partial charge in [-0.1, -0.05) is 18.2 Å². The van der Waals surface area contributed by atoms with E-state index >= 15 is 0 Å². The van der Waals surface area contributed by atoms with Gasteiger partial charge in [0, 0.05) is 29.2 Å². The second-order valence-corrected chi connectivity index (χ2v) is 5.72. The summed E-state index contributed by atoms with van der Waals surface area (Å²) in [7, 11) is 0. The number of hydrogen-bond acceptors (Lipinski definition) is 5. The summed E-state index contributed by atoms with van der Waals surface area (Å²) in [6.07, 6.45) is 1.81. The molecule has 0 unspecified atom stereocenters. The van der Waals surface area contributed by atoms with Gasteiger partial charge in [0.25, 0.3) is 5.69 Å².